The smallest absolute Gasteiger partial charge is 0.227 e. The highest BCUT2D eigenvalue weighted by molar-refractivity contribution is 6.36. The molecule has 5 heteroatoms. The molecular formula is C12H11Cl2NO2. The van der Waals surface area contributed by atoms with Crippen LogP contribution < -0.4 is 4.90 Å². The second-order valence-electron chi connectivity index (χ2n) is 3.96. The second kappa shape index (κ2) is 4.59. The zero-order chi connectivity index (χ0) is 12.6. The number of carbonyl (C=O) groups is 1. The molecule has 0 radical (unpaired) electrons. The first-order valence-corrected chi connectivity index (χ1v) is 5.89. The van der Waals surface area contributed by atoms with E-state index in [1.54, 1.807) is 6.08 Å². The van der Waals surface area contributed by atoms with Crippen molar-refractivity contribution in [3.8, 4) is 5.75 Å². The van der Waals surface area contributed by atoms with E-state index in [0.717, 1.165) is 0 Å². The number of hydrogen-bond donors (Lipinski definition) is 1. The number of aromatic hydroxyl groups is 1. The SMILES string of the molecule is C=CC1CC(=O)N(c2cc(Cl)cc(Cl)c2O)C1. The van der Waals surface area contributed by atoms with Gasteiger partial charge in [0.2, 0.25) is 5.91 Å². The molecule has 1 saturated heterocycles. The molecule has 0 saturated carbocycles. The van der Waals surface area contributed by atoms with Gasteiger partial charge in [-0.05, 0) is 12.1 Å². The molecule has 1 aromatic rings. The lowest BCUT2D eigenvalue weighted by Gasteiger charge is -2.18. The van der Waals surface area contributed by atoms with Crippen molar-refractivity contribution >= 4 is 34.8 Å². The van der Waals surface area contributed by atoms with Crippen molar-refractivity contribution in [2.75, 3.05) is 11.4 Å². The summed E-state index contributed by atoms with van der Waals surface area (Å²) in [4.78, 5) is 13.3. The molecule has 0 spiro atoms. The molecule has 1 atom stereocenters. The summed E-state index contributed by atoms with van der Waals surface area (Å²) in [6, 6.07) is 2.97. The summed E-state index contributed by atoms with van der Waals surface area (Å²) < 4.78 is 0. The molecule has 90 valence electrons. The average molecular weight is 272 g/mol. The van der Waals surface area contributed by atoms with Gasteiger partial charge < -0.3 is 10.0 Å². The monoisotopic (exact) mass is 271 g/mol. The highest BCUT2D eigenvalue weighted by Crippen LogP contribution is 2.39. The quantitative estimate of drug-likeness (QED) is 0.839. The van der Waals surface area contributed by atoms with E-state index in [9.17, 15) is 9.90 Å². The number of halogens is 2. The minimum atomic E-state index is -0.117. The van der Waals surface area contributed by atoms with Gasteiger partial charge >= 0.3 is 0 Å². The summed E-state index contributed by atoms with van der Waals surface area (Å²) in [5.41, 5.74) is 0.358. The van der Waals surface area contributed by atoms with Crippen molar-refractivity contribution in [3.63, 3.8) is 0 Å². The van der Waals surface area contributed by atoms with Crippen LogP contribution in [0.4, 0.5) is 5.69 Å². The summed E-state index contributed by atoms with van der Waals surface area (Å²) >= 11 is 11.7. The number of hydrogen-bond acceptors (Lipinski definition) is 2. The first-order chi connectivity index (χ1) is 8.02. The van der Waals surface area contributed by atoms with Gasteiger partial charge in [-0.1, -0.05) is 29.3 Å². The first-order valence-electron chi connectivity index (χ1n) is 5.14. The third-order valence-electron chi connectivity index (χ3n) is 2.79. The number of benzene rings is 1. The van der Waals surface area contributed by atoms with Crippen molar-refractivity contribution in [1.29, 1.82) is 0 Å². The Bertz CT molecular complexity index is 488. The van der Waals surface area contributed by atoms with Crippen LogP contribution in [0.2, 0.25) is 10.0 Å². The minimum absolute atomic E-state index is 0.0662. The topological polar surface area (TPSA) is 40.5 Å². The fourth-order valence-corrected chi connectivity index (χ4v) is 2.37. The van der Waals surface area contributed by atoms with Gasteiger partial charge in [0.25, 0.3) is 0 Å². The predicted octanol–water partition coefficient (Wildman–Crippen LogP) is 3.24. The Labute approximate surface area is 109 Å². The fraction of sp³-hybridized carbons (Fsp3) is 0.250. The Balaban J connectivity index is 2.41. The van der Waals surface area contributed by atoms with E-state index in [-0.39, 0.29) is 22.6 Å². The molecule has 3 nitrogen and oxygen atoms in total. The molecule has 1 aliphatic rings. The third kappa shape index (κ3) is 2.26. The van der Waals surface area contributed by atoms with Crippen molar-refractivity contribution in [1.82, 2.24) is 0 Å². The van der Waals surface area contributed by atoms with Gasteiger partial charge in [0, 0.05) is 23.9 Å². The van der Waals surface area contributed by atoms with Crippen molar-refractivity contribution in [2.24, 2.45) is 5.92 Å². The van der Waals surface area contributed by atoms with E-state index in [0.29, 0.717) is 23.7 Å². The number of carbonyl (C=O) groups excluding carboxylic acids is 1. The Hall–Kier alpha value is -1.19. The van der Waals surface area contributed by atoms with Gasteiger partial charge in [0.1, 0.15) is 0 Å². The summed E-state index contributed by atoms with van der Waals surface area (Å²) in [6.45, 7) is 4.16. The Morgan fingerprint density at radius 1 is 1.47 bits per heavy atom. The maximum Gasteiger partial charge on any atom is 0.227 e. The Morgan fingerprint density at radius 3 is 2.76 bits per heavy atom. The molecule has 0 aromatic heterocycles. The molecule has 1 N–H and O–H groups in total. The minimum Gasteiger partial charge on any atom is -0.504 e. The maximum absolute atomic E-state index is 11.8. The van der Waals surface area contributed by atoms with Gasteiger partial charge in [-0.3, -0.25) is 4.79 Å². The number of rotatable bonds is 2. The summed E-state index contributed by atoms with van der Waals surface area (Å²) in [5.74, 6) is -0.0858. The molecule has 1 amide bonds. The Kier molecular flexibility index (Phi) is 3.31. The number of amides is 1. The zero-order valence-electron chi connectivity index (χ0n) is 8.99. The van der Waals surface area contributed by atoms with Crippen LogP contribution in [0.1, 0.15) is 6.42 Å². The number of anilines is 1. The average Bonchev–Trinajstić information content (AvgIpc) is 2.65. The van der Waals surface area contributed by atoms with Gasteiger partial charge in [-0.25, -0.2) is 0 Å². The van der Waals surface area contributed by atoms with Crippen LogP contribution in [0.15, 0.2) is 24.8 Å². The maximum atomic E-state index is 11.8. The molecule has 0 aliphatic carbocycles. The van der Waals surface area contributed by atoms with E-state index in [2.05, 4.69) is 6.58 Å². The van der Waals surface area contributed by atoms with Crippen molar-refractivity contribution < 1.29 is 9.90 Å². The summed E-state index contributed by atoms with van der Waals surface area (Å²) in [5, 5.41) is 10.4. The van der Waals surface area contributed by atoms with E-state index in [1.807, 2.05) is 0 Å². The zero-order valence-corrected chi connectivity index (χ0v) is 10.5. The van der Waals surface area contributed by atoms with E-state index in [1.165, 1.54) is 17.0 Å². The normalized spacial score (nSPS) is 19.8. The lowest BCUT2D eigenvalue weighted by Crippen LogP contribution is -2.24. The standard InChI is InChI=1S/C12H11Cl2NO2/c1-2-7-3-11(16)15(6-7)10-5-8(13)4-9(14)12(10)17/h2,4-5,7,17H,1,3,6H2. The molecule has 17 heavy (non-hydrogen) atoms. The molecule has 1 unspecified atom stereocenters. The van der Waals surface area contributed by atoms with Crippen LogP contribution >= 0.6 is 23.2 Å². The number of phenolic OH excluding ortho intramolecular Hbond substituents is 1. The molecule has 0 bridgehead atoms. The van der Waals surface area contributed by atoms with Crippen LogP contribution in [0, 0.1) is 5.92 Å². The fourth-order valence-electron chi connectivity index (χ4n) is 1.88. The Morgan fingerprint density at radius 2 is 2.18 bits per heavy atom. The van der Waals surface area contributed by atoms with Crippen LogP contribution in [-0.4, -0.2) is 17.6 Å². The predicted molar refractivity (Wildman–Crippen MR) is 68.8 cm³/mol. The number of phenols is 1. The third-order valence-corrected chi connectivity index (χ3v) is 3.29. The van der Waals surface area contributed by atoms with Gasteiger partial charge in [0.05, 0.1) is 10.7 Å². The summed E-state index contributed by atoms with van der Waals surface area (Å²) in [6.07, 6.45) is 2.13. The first kappa shape index (κ1) is 12.3. The van der Waals surface area contributed by atoms with Gasteiger partial charge in [-0.15, -0.1) is 6.58 Å². The highest BCUT2D eigenvalue weighted by atomic mass is 35.5. The van der Waals surface area contributed by atoms with Crippen LogP contribution in [0.25, 0.3) is 0 Å². The van der Waals surface area contributed by atoms with E-state index >= 15 is 0 Å². The second-order valence-corrected chi connectivity index (χ2v) is 4.80. The van der Waals surface area contributed by atoms with Crippen LogP contribution in [-0.2, 0) is 4.79 Å². The molecule has 2 rings (SSSR count). The number of nitrogens with zero attached hydrogens (tertiary/aromatic N) is 1. The molecule has 1 aromatic carbocycles. The highest BCUT2D eigenvalue weighted by Gasteiger charge is 2.30. The lowest BCUT2D eigenvalue weighted by molar-refractivity contribution is -0.117. The largest absolute Gasteiger partial charge is 0.504 e. The van der Waals surface area contributed by atoms with Crippen LogP contribution in [0.3, 0.4) is 0 Å². The summed E-state index contributed by atoms with van der Waals surface area (Å²) in [7, 11) is 0. The molecular weight excluding hydrogens is 261 g/mol. The van der Waals surface area contributed by atoms with E-state index in [4.69, 9.17) is 23.2 Å². The van der Waals surface area contributed by atoms with Crippen LogP contribution in [0.5, 0.6) is 5.75 Å². The van der Waals surface area contributed by atoms with Crippen molar-refractivity contribution in [3.05, 3.63) is 34.8 Å². The molecule has 1 heterocycles. The molecule has 1 aliphatic heterocycles. The van der Waals surface area contributed by atoms with E-state index < -0.39 is 0 Å². The molecule has 1 fully saturated rings. The van der Waals surface area contributed by atoms with Crippen molar-refractivity contribution in [2.45, 2.75) is 6.42 Å². The van der Waals surface area contributed by atoms with Gasteiger partial charge in [-0.2, -0.15) is 0 Å². The van der Waals surface area contributed by atoms with Gasteiger partial charge in [0.15, 0.2) is 5.75 Å². The lowest BCUT2D eigenvalue weighted by atomic mass is 10.1.